The summed E-state index contributed by atoms with van der Waals surface area (Å²) in [4.78, 5) is 41.2. The number of carbonyl (C=O) groups is 3. The molecule has 0 bridgehead atoms. The Morgan fingerprint density at radius 1 is 0.783 bits per heavy atom. The number of esters is 1. The number of methoxy groups -OCH3 is 2. The van der Waals surface area contributed by atoms with E-state index in [9.17, 15) is 14.4 Å². The molecule has 0 fully saturated rings. The lowest BCUT2D eigenvalue weighted by Gasteiger charge is -2.18. The molecule has 234 valence electrons. The second-order valence-electron chi connectivity index (χ2n) is 9.86. The number of hydrogen-bond donors (Lipinski definition) is 2. The largest absolute Gasteiger partial charge is 0.496 e. The van der Waals surface area contributed by atoms with Crippen molar-refractivity contribution in [3.63, 3.8) is 0 Å². The maximum atomic E-state index is 14.0. The number of nitrogens with one attached hydrogen (secondary N) is 2. The number of thiophene rings is 1. The van der Waals surface area contributed by atoms with Crippen molar-refractivity contribution in [1.29, 1.82) is 0 Å². The van der Waals surface area contributed by atoms with Crippen molar-refractivity contribution in [2.24, 2.45) is 0 Å². The molecule has 0 saturated heterocycles. The van der Waals surface area contributed by atoms with Gasteiger partial charge in [0.15, 0.2) is 0 Å². The van der Waals surface area contributed by atoms with Crippen LogP contribution in [0.4, 0.5) is 10.7 Å². The van der Waals surface area contributed by atoms with Crippen LogP contribution in [0.15, 0.2) is 113 Å². The fourth-order valence-corrected chi connectivity index (χ4v) is 6.86. The third kappa shape index (κ3) is 7.42. The second-order valence-corrected chi connectivity index (χ2v) is 11.9. The zero-order chi connectivity index (χ0) is 32.5. The van der Waals surface area contributed by atoms with E-state index in [1.165, 1.54) is 37.3 Å². The highest BCUT2D eigenvalue weighted by atomic mass is 32.2. The quantitative estimate of drug-likeness (QED) is 0.103. The molecule has 1 aromatic heterocycles. The van der Waals surface area contributed by atoms with Crippen molar-refractivity contribution < 1.29 is 28.6 Å². The number of amides is 2. The van der Waals surface area contributed by atoms with Gasteiger partial charge in [-0.15, -0.1) is 23.1 Å². The topological polar surface area (TPSA) is 103 Å². The fraction of sp³-hybridized carbons (Fsp3) is 0.139. The van der Waals surface area contributed by atoms with Crippen LogP contribution in [0.25, 0.3) is 11.1 Å². The van der Waals surface area contributed by atoms with Gasteiger partial charge in [0, 0.05) is 21.5 Å². The molecule has 0 aliphatic heterocycles. The van der Waals surface area contributed by atoms with Crippen molar-refractivity contribution in [1.82, 2.24) is 0 Å². The van der Waals surface area contributed by atoms with E-state index in [4.69, 9.17) is 14.2 Å². The first kappa shape index (κ1) is 32.3. The number of ether oxygens (including phenoxy) is 3. The predicted octanol–water partition coefficient (Wildman–Crippen LogP) is 8.33. The van der Waals surface area contributed by atoms with Gasteiger partial charge in [-0.1, -0.05) is 72.8 Å². The number of rotatable bonds is 12. The van der Waals surface area contributed by atoms with Gasteiger partial charge in [-0.2, -0.15) is 0 Å². The fourth-order valence-electron chi connectivity index (χ4n) is 4.82. The Kier molecular flexibility index (Phi) is 10.7. The van der Waals surface area contributed by atoms with Gasteiger partial charge in [0.1, 0.15) is 32.9 Å². The molecule has 0 spiro atoms. The van der Waals surface area contributed by atoms with Gasteiger partial charge in [-0.05, 0) is 48.4 Å². The van der Waals surface area contributed by atoms with E-state index < -0.39 is 17.1 Å². The van der Waals surface area contributed by atoms with E-state index in [0.717, 1.165) is 16.0 Å². The van der Waals surface area contributed by atoms with E-state index in [1.807, 2.05) is 78.2 Å². The number of thioether (sulfide) groups is 1. The first-order chi connectivity index (χ1) is 22.4. The zero-order valence-electron chi connectivity index (χ0n) is 25.4. The smallest absolute Gasteiger partial charge is 0.341 e. The Bertz CT molecular complexity index is 1800. The van der Waals surface area contributed by atoms with Crippen LogP contribution in [0.1, 0.15) is 38.5 Å². The SMILES string of the molecule is CCOC(=O)c1c(-c2ccccc2)csc1NC(=O)C(Sc1cccc(NC(=O)c2c(OC)cccc2OC)c1)c1ccccc1. The summed E-state index contributed by atoms with van der Waals surface area (Å²) in [6.45, 7) is 1.95. The van der Waals surface area contributed by atoms with Gasteiger partial charge in [-0.25, -0.2) is 4.79 Å². The summed E-state index contributed by atoms with van der Waals surface area (Å²) in [6.07, 6.45) is 0. The molecule has 1 unspecified atom stereocenters. The van der Waals surface area contributed by atoms with Crippen molar-refractivity contribution >= 4 is 51.6 Å². The van der Waals surface area contributed by atoms with Crippen LogP contribution in [-0.4, -0.2) is 38.6 Å². The molecular formula is C36H32N2O6S2. The van der Waals surface area contributed by atoms with Crippen LogP contribution >= 0.6 is 23.1 Å². The molecule has 8 nitrogen and oxygen atoms in total. The molecule has 0 radical (unpaired) electrons. The van der Waals surface area contributed by atoms with Gasteiger partial charge in [0.25, 0.3) is 5.91 Å². The predicted molar refractivity (Wildman–Crippen MR) is 183 cm³/mol. The van der Waals surface area contributed by atoms with E-state index in [1.54, 1.807) is 37.3 Å². The molecule has 10 heteroatoms. The van der Waals surface area contributed by atoms with Crippen molar-refractivity contribution in [2.75, 3.05) is 31.5 Å². The van der Waals surface area contributed by atoms with E-state index in [-0.39, 0.29) is 18.1 Å². The van der Waals surface area contributed by atoms with Gasteiger partial charge in [0.2, 0.25) is 5.91 Å². The van der Waals surface area contributed by atoms with Crippen LogP contribution in [0.2, 0.25) is 0 Å². The molecule has 46 heavy (non-hydrogen) atoms. The summed E-state index contributed by atoms with van der Waals surface area (Å²) in [7, 11) is 2.98. The van der Waals surface area contributed by atoms with Gasteiger partial charge >= 0.3 is 5.97 Å². The highest BCUT2D eigenvalue weighted by molar-refractivity contribution is 8.00. The summed E-state index contributed by atoms with van der Waals surface area (Å²) in [5.41, 5.74) is 3.44. The molecule has 2 N–H and O–H groups in total. The summed E-state index contributed by atoms with van der Waals surface area (Å²) in [5, 5.41) is 7.51. The summed E-state index contributed by atoms with van der Waals surface area (Å²) in [6, 6.07) is 31.3. The van der Waals surface area contributed by atoms with Gasteiger partial charge in [0.05, 0.1) is 20.8 Å². The minimum absolute atomic E-state index is 0.204. The maximum absolute atomic E-state index is 14.0. The van der Waals surface area contributed by atoms with Crippen molar-refractivity contribution in [3.05, 3.63) is 125 Å². The summed E-state index contributed by atoms with van der Waals surface area (Å²) >= 11 is 2.60. The molecule has 4 aromatic carbocycles. The zero-order valence-corrected chi connectivity index (χ0v) is 27.1. The van der Waals surface area contributed by atoms with Crippen molar-refractivity contribution in [2.45, 2.75) is 17.1 Å². The molecule has 1 heterocycles. The minimum atomic E-state index is -0.682. The normalized spacial score (nSPS) is 11.3. The molecule has 0 aliphatic carbocycles. The number of hydrogen-bond acceptors (Lipinski definition) is 8. The van der Waals surface area contributed by atoms with E-state index in [2.05, 4.69) is 10.6 Å². The van der Waals surface area contributed by atoms with E-state index in [0.29, 0.717) is 33.3 Å². The van der Waals surface area contributed by atoms with E-state index >= 15 is 0 Å². The monoisotopic (exact) mass is 652 g/mol. The molecular weight excluding hydrogens is 621 g/mol. The lowest BCUT2D eigenvalue weighted by atomic mass is 10.0. The van der Waals surface area contributed by atoms with Crippen LogP contribution in [0.5, 0.6) is 11.5 Å². The minimum Gasteiger partial charge on any atom is -0.496 e. The molecule has 2 amide bonds. The molecule has 0 saturated carbocycles. The standard InChI is InChI=1S/C36H32N2O6S2/c1-4-44-36(41)30-27(23-13-7-5-8-14-23)22-45-35(30)38-34(40)32(24-15-9-6-10-16-24)46-26-18-11-17-25(21-26)37-33(39)31-28(42-2)19-12-20-29(31)43-3/h5-22,32H,4H2,1-3H3,(H,37,39)(H,38,40). The summed E-state index contributed by atoms with van der Waals surface area (Å²) in [5.74, 6) is -0.440. The molecule has 5 aromatic rings. The molecule has 1 atom stereocenters. The first-order valence-corrected chi connectivity index (χ1v) is 16.2. The average Bonchev–Trinajstić information content (AvgIpc) is 3.51. The highest BCUT2D eigenvalue weighted by Gasteiger charge is 2.27. The number of anilines is 2. The second kappa shape index (κ2) is 15.3. The Labute approximate surface area is 275 Å². The number of benzene rings is 4. The molecule has 5 rings (SSSR count). The highest BCUT2D eigenvalue weighted by Crippen LogP contribution is 2.40. The van der Waals surface area contributed by atoms with Crippen LogP contribution in [0, 0.1) is 0 Å². The Morgan fingerprint density at radius 2 is 1.43 bits per heavy atom. The van der Waals surface area contributed by atoms with Crippen molar-refractivity contribution in [3.8, 4) is 22.6 Å². The van der Waals surface area contributed by atoms with Gasteiger partial charge < -0.3 is 24.8 Å². The molecule has 0 aliphatic rings. The van der Waals surface area contributed by atoms with Crippen LogP contribution in [0.3, 0.4) is 0 Å². The summed E-state index contributed by atoms with van der Waals surface area (Å²) < 4.78 is 16.2. The van der Waals surface area contributed by atoms with Gasteiger partial charge in [-0.3, -0.25) is 9.59 Å². The maximum Gasteiger partial charge on any atom is 0.341 e. The lowest BCUT2D eigenvalue weighted by Crippen LogP contribution is -2.20. The average molecular weight is 653 g/mol. The first-order valence-electron chi connectivity index (χ1n) is 14.4. The van der Waals surface area contributed by atoms with Crippen LogP contribution in [-0.2, 0) is 9.53 Å². The third-order valence-corrected chi connectivity index (χ3v) is 9.08. The Morgan fingerprint density at radius 3 is 2.09 bits per heavy atom. The number of carbonyl (C=O) groups excluding carboxylic acids is 3. The Hall–Kier alpha value is -5.06. The lowest BCUT2D eigenvalue weighted by molar-refractivity contribution is -0.115. The third-order valence-electron chi connectivity index (χ3n) is 6.93. The Balaban J connectivity index is 1.42. The van der Waals surface area contributed by atoms with Crippen LogP contribution < -0.4 is 20.1 Å².